The Bertz CT molecular complexity index is 1190. The summed E-state index contributed by atoms with van der Waals surface area (Å²) in [6, 6.07) is 18.5. The van der Waals surface area contributed by atoms with Crippen molar-refractivity contribution >= 4 is 16.0 Å². The molecule has 0 N–H and O–H groups in total. The molecule has 33 heavy (non-hydrogen) atoms. The highest BCUT2D eigenvalue weighted by Gasteiger charge is 2.22. The van der Waals surface area contributed by atoms with Gasteiger partial charge in [-0.1, -0.05) is 44.2 Å². The van der Waals surface area contributed by atoms with Crippen LogP contribution in [0.5, 0.6) is 11.5 Å². The van der Waals surface area contributed by atoms with E-state index in [-0.39, 0.29) is 41.4 Å². The first-order valence-corrected chi connectivity index (χ1v) is 11.8. The molecule has 3 aromatic carbocycles. The van der Waals surface area contributed by atoms with Crippen LogP contribution < -0.4 is 8.92 Å². The quantitative estimate of drug-likeness (QED) is 0.420. The van der Waals surface area contributed by atoms with Crippen LogP contribution in [0.3, 0.4) is 0 Å². The lowest BCUT2D eigenvalue weighted by molar-refractivity contribution is -0.135. The van der Waals surface area contributed by atoms with Gasteiger partial charge in [-0.05, 0) is 48.0 Å². The second-order valence-electron chi connectivity index (χ2n) is 7.80. The van der Waals surface area contributed by atoms with Crippen molar-refractivity contribution in [2.75, 3.05) is 7.11 Å². The molecule has 3 rings (SSSR count). The van der Waals surface area contributed by atoms with Gasteiger partial charge < -0.3 is 13.8 Å². The number of ether oxygens (including phenoxy) is 1. The Labute approximate surface area is 193 Å². The number of hydrogen-bond donors (Lipinski definition) is 0. The van der Waals surface area contributed by atoms with Crippen LogP contribution in [0.2, 0.25) is 0 Å². The van der Waals surface area contributed by atoms with Gasteiger partial charge in [-0.25, -0.2) is 4.39 Å². The van der Waals surface area contributed by atoms with Crippen molar-refractivity contribution in [2.45, 2.75) is 31.8 Å². The van der Waals surface area contributed by atoms with Crippen molar-refractivity contribution in [1.82, 2.24) is 4.90 Å². The van der Waals surface area contributed by atoms with Gasteiger partial charge in [-0.15, -0.1) is 0 Å². The molecule has 0 atom stereocenters. The predicted octanol–water partition coefficient (Wildman–Crippen LogP) is 4.79. The second kappa shape index (κ2) is 10.5. The van der Waals surface area contributed by atoms with Crippen LogP contribution in [0.15, 0.2) is 77.7 Å². The number of carbonyl (C=O) groups excluding carboxylic acids is 1. The van der Waals surface area contributed by atoms with Gasteiger partial charge in [0, 0.05) is 24.6 Å². The largest absolute Gasteiger partial charge is 0.497 e. The minimum Gasteiger partial charge on any atom is -0.497 e. The maximum atomic E-state index is 13.3. The highest BCUT2D eigenvalue weighted by atomic mass is 32.2. The van der Waals surface area contributed by atoms with Crippen LogP contribution >= 0.6 is 0 Å². The maximum absolute atomic E-state index is 13.3. The van der Waals surface area contributed by atoms with Crippen molar-refractivity contribution in [3.05, 3.63) is 89.7 Å². The summed E-state index contributed by atoms with van der Waals surface area (Å²) < 4.78 is 49.4. The summed E-state index contributed by atoms with van der Waals surface area (Å²) >= 11 is 0. The Morgan fingerprint density at radius 1 is 0.939 bits per heavy atom. The van der Waals surface area contributed by atoms with E-state index in [0.29, 0.717) is 11.3 Å². The van der Waals surface area contributed by atoms with Gasteiger partial charge in [0.25, 0.3) is 0 Å². The molecule has 0 aliphatic heterocycles. The lowest BCUT2D eigenvalue weighted by Crippen LogP contribution is -2.33. The fourth-order valence-corrected chi connectivity index (χ4v) is 4.18. The number of rotatable bonds is 9. The summed E-state index contributed by atoms with van der Waals surface area (Å²) in [5, 5.41) is 0. The smallest absolute Gasteiger partial charge is 0.339 e. The molecule has 0 heterocycles. The first kappa shape index (κ1) is 24.3. The van der Waals surface area contributed by atoms with E-state index in [1.165, 1.54) is 43.5 Å². The molecule has 0 spiro atoms. The van der Waals surface area contributed by atoms with Gasteiger partial charge in [-0.2, -0.15) is 8.42 Å². The molecule has 0 aliphatic carbocycles. The number of carbonyl (C=O) groups is 1. The molecule has 3 aromatic rings. The average Bonchev–Trinajstić information content (AvgIpc) is 2.80. The fourth-order valence-electron chi connectivity index (χ4n) is 3.22. The van der Waals surface area contributed by atoms with Crippen molar-refractivity contribution in [3.8, 4) is 11.5 Å². The van der Waals surface area contributed by atoms with E-state index < -0.39 is 10.1 Å². The molecule has 0 saturated heterocycles. The molecule has 1 amide bonds. The van der Waals surface area contributed by atoms with E-state index >= 15 is 0 Å². The first-order chi connectivity index (χ1) is 15.7. The summed E-state index contributed by atoms with van der Waals surface area (Å²) in [5.41, 5.74) is 1.29. The maximum Gasteiger partial charge on any atom is 0.339 e. The standard InChI is InChI=1S/C25H26FNO5S/c1-18(2)25(28)27(16-19-8-10-21(26)11-9-19)17-20-6-4-5-7-24(20)32-33(29,30)23-14-12-22(31-3)13-15-23/h4-15,18H,16-17H2,1-3H3. The zero-order valence-corrected chi connectivity index (χ0v) is 19.5. The number of halogens is 1. The van der Waals surface area contributed by atoms with Crippen LogP contribution in [-0.4, -0.2) is 26.3 Å². The Balaban J connectivity index is 1.87. The van der Waals surface area contributed by atoms with E-state index in [1.807, 2.05) is 0 Å². The minimum atomic E-state index is -4.10. The molecule has 0 bridgehead atoms. The van der Waals surface area contributed by atoms with Gasteiger partial charge in [-0.3, -0.25) is 4.79 Å². The highest BCUT2D eigenvalue weighted by Crippen LogP contribution is 2.26. The monoisotopic (exact) mass is 471 g/mol. The molecular weight excluding hydrogens is 445 g/mol. The van der Waals surface area contributed by atoms with Crippen molar-refractivity contribution in [1.29, 1.82) is 0 Å². The van der Waals surface area contributed by atoms with Gasteiger partial charge >= 0.3 is 10.1 Å². The lowest BCUT2D eigenvalue weighted by Gasteiger charge is -2.26. The Morgan fingerprint density at radius 3 is 2.18 bits per heavy atom. The Hall–Kier alpha value is -3.39. The van der Waals surface area contributed by atoms with Gasteiger partial charge in [0.2, 0.25) is 5.91 Å². The van der Waals surface area contributed by atoms with Crippen LogP contribution in [-0.2, 0) is 28.0 Å². The number of methoxy groups -OCH3 is 1. The molecule has 0 radical (unpaired) electrons. The molecule has 0 saturated carbocycles. The highest BCUT2D eigenvalue weighted by molar-refractivity contribution is 7.87. The topological polar surface area (TPSA) is 72.9 Å². The van der Waals surface area contributed by atoms with Crippen LogP contribution in [0, 0.1) is 11.7 Å². The Kier molecular flexibility index (Phi) is 7.71. The van der Waals surface area contributed by atoms with E-state index in [0.717, 1.165) is 5.56 Å². The van der Waals surface area contributed by atoms with E-state index in [4.69, 9.17) is 8.92 Å². The first-order valence-electron chi connectivity index (χ1n) is 10.4. The molecular formula is C25H26FNO5S. The van der Waals surface area contributed by atoms with Crippen molar-refractivity contribution in [2.24, 2.45) is 5.92 Å². The predicted molar refractivity (Wildman–Crippen MR) is 123 cm³/mol. The Morgan fingerprint density at radius 2 is 1.58 bits per heavy atom. The average molecular weight is 472 g/mol. The number of hydrogen-bond acceptors (Lipinski definition) is 5. The minimum absolute atomic E-state index is 0.0143. The molecule has 6 nitrogen and oxygen atoms in total. The zero-order chi connectivity index (χ0) is 24.0. The normalized spacial score (nSPS) is 11.3. The SMILES string of the molecule is COc1ccc(S(=O)(=O)Oc2ccccc2CN(Cc2ccc(F)cc2)C(=O)C(C)C)cc1. The molecule has 0 fully saturated rings. The van der Waals surface area contributed by atoms with Crippen LogP contribution in [0.4, 0.5) is 4.39 Å². The van der Waals surface area contributed by atoms with Crippen molar-refractivity contribution < 1.29 is 26.5 Å². The zero-order valence-electron chi connectivity index (χ0n) is 18.7. The lowest BCUT2D eigenvalue weighted by atomic mass is 10.1. The molecule has 0 aromatic heterocycles. The molecule has 8 heteroatoms. The van der Waals surface area contributed by atoms with E-state index in [9.17, 15) is 17.6 Å². The van der Waals surface area contributed by atoms with Crippen LogP contribution in [0.1, 0.15) is 25.0 Å². The fraction of sp³-hybridized carbons (Fsp3) is 0.240. The number of benzene rings is 3. The molecule has 0 unspecified atom stereocenters. The van der Waals surface area contributed by atoms with E-state index in [2.05, 4.69) is 0 Å². The third-order valence-electron chi connectivity index (χ3n) is 4.97. The van der Waals surface area contributed by atoms with Gasteiger partial charge in [0.05, 0.1) is 7.11 Å². The summed E-state index contributed by atoms with van der Waals surface area (Å²) in [6.45, 7) is 3.95. The number of para-hydroxylation sites is 1. The summed E-state index contributed by atoms with van der Waals surface area (Å²) in [6.07, 6.45) is 0. The molecule has 0 aliphatic rings. The third-order valence-corrected chi connectivity index (χ3v) is 6.22. The summed E-state index contributed by atoms with van der Waals surface area (Å²) in [5.74, 6) is -0.0939. The van der Waals surface area contributed by atoms with Gasteiger partial charge in [0.1, 0.15) is 22.2 Å². The van der Waals surface area contributed by atoms with Crippen molar-refractivity contribution in [3.63, 3.8) is 0 Å². The number of amides is 1. The van der Waals surface area contributed by atoms with Gasteiger partial charge in [0.15, 0.2) is 0 Å². The number of nitrogens with zero attached hydrogens (tertiary/aromatic N) is 1. The summed E-state index contributed by atoms with van der Waals surface area (Å²) in [4.78, 5) is 14.5. The second-order valence-corrected chi connectivity index (χ2v) is 9.34. The molecule has 174 valence electrons. The summed E-state index contributed by atoms with van der Waals surface area (Å²) in [7, 11) is -2.61. The third kappa shape index (κ3) is 6.32. The van der Waals surface area contributed by atoms with E-state index in [1.54, 1.807) is 55.1 Å². The van der Waals surface area contributed by atoms with Crippen LogP contribution in [0.25, 0.3) is 0 Å².